The van der Waals surface area contributed by atoms with E-state index in [1.165, 1.54) is 46.2 Å². The van der Waals surface area contributed by atoms with Gasteiger partial charge in [0.25, 0.3) is 0 Å². The van der Waals surface area contributed by atoms with Gasteiger partial charge in [-0.3, -0.25) is 14.1 Å². The van der Waals surface area contributed by atoms with Gasteiger partial charge in [-0.2, -0.15) is 0 Å². The van der Waals surface area contributed by atoms with Gasteiger partial charge in [-0.25, -0.2) is 4.79 Å². The Kier molecular flexibility index (Phi) is 15.1. The Balaban J connectivity index is 4.98. The molecular formula is C23H45N2O7+. The Bertz CT molecular complexity index is 569. The molecule has 0 aromatic rings. The third-order valence-corrected chi connectivity index (χ3v) is 6.49. The van der Waals surface area contributed by atoms with E-state index in [-0.39, 0.29) is 31.8 Å². The minimum Gasteiger partial charge on any atom is -0.481 e. The number of likely N-dealkylation sites (N-methyl/N-ethyl adjacent to an activating group) is 1. The van der Waals surface area contributed by atoms with Crippen LogP contribution in [0.3, 0.4) is 0 Å². The summed E-state index contributed by atoms with van der Waals surface area (Å²) in [7, 11) is 3.04. The van der Waals surface area contributed by atoms with Crippen molar-refractivity contribution in [1.29, 1.82) is 0 Å². The van der Waals surface area contributed by atoms with Crippen LogP contribution in [0, 0.1) is 0 Å². The summed E-state index contributed by atoms with van der Waals surface area (Å²) in [6.07, 6.45) is 8.64. The maximum atomic E-state index is 12.5. The lowest BCUT2D eigenvalue weighted by Crippen LogP contribution is -2.72. The van der Waals surface area contributed by atoms with Gasteiger partial charge in [-0.15, -0.1) is 0 Å². The van der Waals surface area contributed by atoms with E-state index < -0.39 is 41.2 Å². The van der Waals surface area contributed by atoms with Gasteiger partial charge in [-0.05, 0) is 6.42 Å². The van der Waals surface area contributed by atoms with Crippen LogP contribution in [0.1, 0.15) is 90.4 Å². The van der Waals surface area contributed by atoms with Crippen LogP contribution < -0.4 is 5.32 Å². The van der Waals surface area contributed by atoms with Crippen molar-refractivity contribution in [3.8, 4) is 0 Å². The molecule has 0 aliphatic carbocycles. The summed E-state index contributed by atoms with van der Waals surface area (Å²) in [4.78, 5) is 36.2. The molecule has 9 heteroatoms. The zero-order valence-electron chi connectivity index (χ0n) is 20.1. The summed E-state index contributed by atoms with van der Waals surface area (Å²) >= 11 is 0. The molecule has 0 aliphatic rings. The average Bonchev–Trinajstić information content (AvgIpc) is 2.71. The third kappa shape index (κ3) is 9.83. The molecule has 2 unspecified atom stereocenters. The molecule has 0 heterocycles. The van der Waals surface area contributed by atoms with E-state index in [4.69, 9.17) is 0 Å². The summed E-state index contributed by atoms with van der Waals surface area (Å²) in [5.41, 5.74) is -1.86. The fourth-order valence-electron chi connectivity index (χ4n) is 4.28. The van der Waals surface area contributed by atoms with Gasteiger partial charge >= 0.3 is 11.9 Å². The van der Waals surface area contributed by atoms with E-state index >= 15 is 0 Å². The molecular weight excluding hydrogens is 416 g/mol. The van der Waals surface area contributed by atoms with Crippen LogP contribution in [0.2, 0.25) is 0 Å². The Hall–Kier alpha value is -1.71. The molecule has 32 heavy (non-hydrogen) atoms. The Morgan fingerprint density at radius 3 is 1.84 bits per heavy atom. The zero-order valence-corrected chi connectivity index (χ0v) is 20.1. The average molecular weight is 462 g/mol. The topological polar surface area (TPSA) is 144 Å². The van der Waals surface area contributed by atoms with Gasteiger partial charge in [-0.1, -0.05) is 58.3 Å². The molecule has 0 fully saturated rings. The number of amides is 1. The van der Waals surface area contributed by atoms with Gasteiger partial charge < -0.3 is 25.7 Å². The molecule has 0 aromatic carbocycles. The van der Waals surface area contributed by atoms with Crippen molar-refractivity contribution in [2.75, 3.05) is 27.3 Å². The number of aliphatic hydroxyl groups excluding tert-OH is 2. The minimum atomic E-state index is -1.86. The minimum absolute atomic E-state index is 0.0660. The lowest BCUT2D eigenvalue weighted by Gasteiger charge is -2.49. The number of nitrogens with zero attached hydrogens (tertiary/aromatic N) is 1. The molecule has 0 bridgehead atoms. The number of hydrogen-bond acceptors (Lipinski definition) is 5. The smallest absolute Gasteiger partial charge is 0.366 e. The normalized spacial score (nSPS) is 14.5. The van der Waals surface area contributed by atoms with Crippen molar-refractivity contribution < 1.29 is 39.3 Å². The van der Waals surface area contributed by atoms with E-state index in [9.17, 15) is 34.8 Å². The van der Waals surface area contributed by atoms with Gasteiger partial charge in [0.15, 0.2) is 6.17 Å². The van der Waals surface area contributed by atoms with Crippen LogP contribution in [-0.4, -0.2) is 81.8 Å². The van der Waals surface area contributed by atoms with E-state index in [1.807, 2.05) is 0 Å². The summed E-state index contributed by atoms with van der Waals surface area (Å²) in [5, 5.41) is 41.0. The first kappa shape index (κ1) is 30.3. The van der Waals surface area contributed by atoms with E-state index in [1.54, 1.807) is 0 Å². The van der Waals surface area contributed by atoms with Gasteiger partial charge in [0, 0.05) is 25.9 Å². The number of carboxylic acids is 2. The van der Waals surface area contributed by atoms with Gasteiger partial charge in [0.2, 0.25) is 11.4 Å². The molecule has 0 rings (SSSR count). The Morgan fingerprint density at radius 2 is 1.41 bits per heavy atom. The van der Waals surface area contributed by atoms with E-state index in [2.05, 4.69) is 12.2 Å². The standard InChI is InChI=1S/C23H44N2O7/c1-4-5-6-7-8-9-10-11-12-13-20(28)24-19(14-16-26)25(2,3)23(15-17-27,22(31)32)18-21(29)30/h19,26-27H,4-18H2,1-3H3,(H2-,24,28,29,30,31,32)/p+1. The number of carboxylic acid groups (broad SMARTS) is 2. The molecule has 9 nitrogen and oxygen atoms in total. The predicted molar refractivity (Wildman–Crippen MR) is 122 cm³/mol. The number of rotatable bonds is 20. The maximum absolute atomic E-state index is 12.5. The quantitative estimate of drug-likeness (QED) is 0.106. The summed E-state index contributed by atoms with van der Waals surface area (Å²) in [6, 6.07) is 0. The SMILES string of the molecule is CCCCCCCCCCCC(=O)NC(CCO)[N+](C)(C)C(CCO)(CC(=O)O)C(=O)O. The second-order valence-electron chi connectivity index (χ2n) is 9.09. The molecule has 0 radical (unpaired) electrons. The lowest BCUT2D eigenvalue weighted by molar-refractivity contribution is -0.957. The lowest BCUT2D eigenvalue weighted by atomic mass is 9.86. The molecule has 0 saturated heterocycles. The second kappa shape index (κ2) is 16.0. The summed E-state index contributed by atoms with van der Waals surface area (Å²) < 4.78 is -0.404. The first-order chi connectivity index (χ1) is 15.1. The van der Waals surface area contributed by atoms with Crippen molar-refractivity contribution in [2.24, 2.45) is 0 Å². The first-order valence-corrected chi connectivity index (χ1v) is 11.9. The largest absolute Gasteiger partial charge is 0.481 e. The molecule has 188 valence electrons. The molecule has 0 spiro atoms. The van der Waals surface area contributed by atoms with Gasteiger partial charge in [0.1, 0.15) is 6.42 Å². The number of quaternary nitrogens is 1. The van der Waals surface area contributed by atoms with E-state index in [0.717, 1.165) is 25.7 Å². The zero-order chi connectivity index (χ0) is 24.6. The van der Waals surface area contributed by atoms with E-state index in [0.29, 0.717) is 0 Å². The first-order valence-electron chi connectivity index (χ1n) is 11.9. The van der Waals surface area contributed by atoms with Crippen LogP contribution in [0.15, 0.2) is 0 Å². The number of carbonyl (C=O) groups is 3. The number of aliphatic carboxylic acids is 2. The highest BCUT2D eigenvalue weighted by Gasteiger charge is 2.57. The van der Waals surface area contributed by atoms with Crippen LogP contribution in [0.5, 0.6) is 0 Å². The molecule has 1 amide bonds. The van der Waals surface area contributed by atoms with Crippen molar-refractivity contribution in [1.82, 2.24) is 5.32 Å². The Labute approximate surface area is 192 Å². The summed E-state index contributed by atoms with van der Waals surface area (Å²) in [6.45, 7) is 1.38. The number of aliphatic hydroxyl groups is 2. The number of unbranched alkanes of at least 4 members (excludes halogenated alkanes) is 8. The van der Waals surface area contributed by atoms with Crippen LogP contribution in [0.4, 0.5) is 0 Å². The molecule has 5 N–H and O–H groups in total. The highest BCUT2D eigenvalue weighted by molar-refractivity contribution is 5.84. The van der Waals surface area contributed by atoms with Crippen LogP contribution in [-0.2, 0) is 14.4 Å². The second-order valence-corrected chi connectivity index (χ2v) is 9.09. The highest BCUT2D eigenvalue weighted by Crippen LogP contribution is 2.32. The summed E-state index contributed by atoms with van der Waals surface area (Å²) in [5.74, 6) is -2.93. The van der Waals surface area contributed by atoms with Crippen molar-refractivity contribution in [3.63, 3.8) is 0 Å². The Morgan fingerprint density at radius 1 is 0.875 bits per heavy atom. The molecule has 0 aromatic heterocycles. The fraction of sp³-hybridized carbons (Fsp3) is 0.870. The highest BCUT2D eigenvalue weighted by atomic mass is 16.4. The fourth-order valence-corrected chi connectivity index (χ4v) is 4.28. The van der Waals surface area contributed by atoms with Crippen LogP contribution >= 0.6 is 0 Å². The van der Waals surface area contributed by atoms with Gasteiger partial charge in [0.05, 0.1) is 20.7 Å². The predicted octanol–water partition coefficient (Wildman–Crippen LogP) is 2.49. The van der Waals surface area contributed by atoms with Crippen LogP contribution in [0.25, 0.3) is 0 Å². The van der Waals surface area contributed by atoms with Crippen molar-refractivity contribution >= 4 is 17.8 Å². The third-order valence-electron chi connectivity index (χ3n) is 6.49. The number of nitrogens with one attached hydrogen (secondary N) is 1. The number of carbonyl (C=O) groups excluding carboxylic acids is 1. The molecule has 2 atom stereocenters. The number of hydrogen-bond donors (Lipinski definition) is 5. The molecule has 0 saturated carbocycles. The molecule has 0 aliphatic heterocycles. The monoisotopic (exact) mass is 461 g/mol. The van der Waals surface area contributed by atoms with Crippen molar-refractivity contribution in [3.05, 3.63) is 0 Å². The van der Waals surface area contributed by atoms with Crippen molar-refractivity contribution in [2.45, 2.75) is 102 Å². The maximum Gasteiger partial charge on any atom is 0.366 e.